The first kappa shape index (κ1) is 24.1. The number of nitrogens with two attached hydrogens (primary N) is 1. The van der Waals surface area contributed by atoms with Gasteiger partial charge in [-0.1, -0.05) is 0 Å². The zero-order valence-corrected chi connectivity index (χ0v) is 15.6. The first-order chi connectivity index (χ1) is 13.5. The Morgan fingerprint density at radius 1 is 0.966 bits per heavy atom. The van der Waals surface area contributed by atoms with Gasteiger partial charge in [-0.2, -0.15) is 0 Å². The molecule has 2 rings (SSSR count). The number of urea groups is 1. The summed E-state index contributed by atoms with van der Waals surface area (Å²) in [6.07, 6.45) is -12.8. The van der Waals surface area contributed by atoms with Crippen molar-refractivity contribution in [3.63, 3.8) is 0 Å². The van der Waals surface area contributed by atoms with E-state index in [4.69, 9.17) is 19.9 Å². The summed E-state index contributed by atoms with van der Waals surface area (Å²) in [7, 11) is 0. The maximum atomic E-state index is 12.0. The van der Waals surface area contributed by atoms with Crippen molar-refractivity contribution >= 4 is 6.03 Å². The van der Waals surface area contributed by atoms with Crippen molar-refractivity contribution in [3.8, 4) is 0 Å². The molecular weight excluding hydrogens is 400 g/mol. The van der Waals surface area contributed by atoms with E-state index in [1.165, 1.54) is 6.92 Å². The first-order valence-electron chi connectivity index (χ1n) is 8.90. The van der Waals surface area contributed by atoms with Gasteiger partial charge in [0, 0.05) is 6.54 Å². The number of carbonyl (C=O) groups excluding carboxylic acids is 1. The minimum atomic E-state index is -2.76. The van der Waals surface area contributed by atoms with Gasteiger partial charge in [0.2, 0.25) is 5.79 Å². The van der Waals surface area contributed by atoms with Gasteiger partial charge >= 0.3 is 6.03 Å². The molecule has 14 nitrogen and oxygen atoms in total. The molecular formula is C15H28N2O12. The molecule has 170 valence electrons. The van der Waals surface area contributed by atoms with Crippen molar-refractivity contribution < 1.29 is 59.9 Å². The van der Waals surface area contributed by atoms with Crippen molar-refractivity contribution in [1.29, 1.82) is 0 Å². The Labute approximate surface area is 165 Å². The summed E-state index contributed by atoms with van der Waals surface area (Å²) < 4.78 is 16.2. The Balaban J connectivity index is 2.58. The van der Waals surface area contributed by atoms with Crippen molar-refractivity contribution in [2.45, 2.75) is 61.3 Å². The van der Waals surface area contributed by atoms with Gasteiger partial charge in [0.15, 0.2) is 6.10 Å². The smallest absolute Gasteiger partial charge is 0.319 e. The van der Waals surface area contributed by atoms with Crippen LogP contribution < -0.4 is 5.73 Å². The molecule has 14 heteroatoms. The number of carbonyl (C=O) groups is 1. The van der Waals surface area contributed by atoms with Crippen LogP contribution in [0.25, 0.3) is 0 Å². The van der Waals surface area contributed by atoms with E-state index in [9.17, 15) is 45.6 Å². The normalized spacial score (nSPS) is 45.3. The van der Waals surface area contributed by atoms with Crippen LogP contribution in [0.5, 0.6) is 0 Å². The lowest BCUT2D eigenvalue weighted by molar-refractivity contribution is -0.466. The number of hydrogen-bond donors (Lipinski definition) is 9. The molecule has 0 aliphatic carbocycles. The molecule has 0 radical (unpaired) electrons. The van der Waals surface area contributed by atoms with Crippen LogP contribution in [0.1, 0.15) is 6.92 Å². The van der Waals surface area contributed by atoms with Crippen molar-refractivity contribution in [2.75, 3.05) is 26.4 Å². The Hall–Kier alpha value is -1.17. The standard InChI is InChI=1S/C15H28N2O12/c1-2-17(13(16)26)15(12(25)10(23)8(21)6(3-18)28-15)29-14(5-20)11(24)9(22)7(4-19)27-14/h6-12,18-25H,2-5H2,1H3,(H2,16,26)/t6-,7-,8-,9-,10+,11+,12-,14?,15-/m1/s1. The van der Waals surface area contributed by atoms with Gasteiger partial charge in [0.1, 0.15) is 43.2 Å². The minimum Gasteiger partial charge on any atom is -0.394 e. The fraction of sp³-hybridized carbons (Fsp3) is 0.933. The molecule has 2 aliphatic heterocycles. The molecule has 10 N–H and O–H groups in total. The van der Waals surface area contributed by atoms with Crippen LogP contribution in [0.3, 0.4) is 0 Å². The quantitative estimate of drug-likeness (QED) is 0.173. The van der Waals surface area contributed by atoms with Gasteiger partial charge < -0.3 is 56.1 Å². The number of ether oxygens (including phenoxy) is 3. The lowest BCUT2D eigenvalue weighted by Crippen LogP contribution is -2.76. The van der Waals surface area contributed by atoms with Gasteiger partial charge in [-0.05, 0) is 6.92 Å². The molecule has 2 fully saturated rings. The number of likely N-dealkylation sites (N-methyl/N-ethyl adjacent to an activating group) is 1. The van der Waals surface area contributed by atoms with E-state index in [0.717, 1.165) is 0 Å². The number of aliphatic hydroxyl groups excluding tert-OH is 8. The van der Waals surface area contributed by atoms with Crippen LogP contribution in [0, 0.1) is 0 Å². The summed E-state index contributed by atoms with van der Waals surface area (Å²) in [6.45, 7) is -1.73. The van der Waals surface area contributed by atoms with Crippen molar-refractivity contribution in [2.24, 2.45) is 5.73 Å². The number of primary amides is 1. The van der Waals surface area contributed by atoms with Crippen LogP contribution in [0.4, 0.5) is 4.79 Å². The van der Waals surface area contributed by atoms with Crippen LogP contribution >= 0.6 is 0 Å². The van der Waals surface area contributed by atoms with E-state index in [1.54, 1.807) is 0 Å². The second kappa shape index (κ2) is 8.91. The summed E-state index contributed by atoms with van der Waals surface area (Å²) >= 11 is 0. The second-order valence-electron chi connectivity index (χ2n) is 6.82. The van der Waals surface area contributed by atoms with Crippen LogP contribution in [-0.2, 0) is 14.2 Å². The third kappa shape index (κ3) is 3.82. The fourth-order valence-corrected chi connectivity index (χ4v) is 3.52. The topological polar surface area (TPSA) is 236 Å². The molecule has 0 spiro atoms. The van der Waals surface area contributed by atoms with Crippen molar-refractivity contribution in [3.05, 3.63) is 0 Å². The van der Waals surface area contributed by atoms with Gasteiger partial charge in [0.05, 0.1) is 13.2 Å². The molecule has 0 aromatic carbocycles. The minimum absolute atomic E-state index is 0.295. The van der Waals surface area contributed by atoms with Crippen LogP contribution in [0.15, 0.2) is 0 Å². The monoisotopic (exact) mass is 428 g/mol. The van der Waals surface area contributed by atoms with E-state index >= 15 is 0 Å². The lowest BCUT2D eigenvalue weighted by atomic mass is 9.95. The third-order valence-electron chi connectivity index (χ3n) is 5.11. The second-order valence-corrected chi connectivity index (χ2v) is 6.82. The zero-order chi connectivity index (χ0) is 22.1. The Bertz CT molecular complexity index is 582. The Morgan fingerprint density at radius 2 is 1.52 bits per heavy atom. The molecule has 0 bridgehead atoms. The number of nitrogens with zero attached hydrogens (tertiary/aromatic N) is 1. The number of amides is 2. The predicted molar refractivity (Wildman–Crippen MR) is 89.5 cm³/mol. The highest BCUT2D eigenvalue weighted by Gasteiger charge is 2.66. The van der Waals surface area contributed by atoms with E-state index in [1.807, 2.05) is 0 Å². The average Bonchev–Trinajstić information content (AvgIpc) is 2.94. The zero-order valence-electron chi connectivity index (χ0n) is 15.6. The van der Waals surface area contributed by atoms with E-state index < -0.39 is 80.3 Å². The molecule has 9 atom stereocenters. The summed E-state index contributed by atoms with van der Waals surface area (Å²) in [6, 6.07) is -1.23. The largest absolute Gasteiger partial charge is 0.394 e. The molecule has 2 aliphatic rings. The molecule has 0 saturated carbocycles. The highest BCUT2D eigenvalue weighted by Crippen LogP contribution is 2.42. The van der Waals surface area contributed by atoms with Gasteiger partial charge in [-0.15, -0.1) is 0 Å². The van der Waals surface area contributed by atoms with E-state index in [-0.39, 0.29) is 6.54 Å². The number of rotatable bonds is 7. The van der Waals surface area contributed by atoms with Gasteiger partial charge in [0.25, 0.3) is 5.91 Å². The first-order valence-corrected chi connectivity index (χ1v) is 8.90. The summed E-state index contributed by atoms with van der Waals surface area (Å²) in [4.78, 5) is 12.6. The molecule has 2 heterocycles. The van der Waals surface area contributed by atoms with Gasteiger partial charge in [-0.3, -0.25) is 9.64 Å². The van der Waals surface area contributed by atoms with E-state index in [0.29, 0.717) is 4.90 Å². The predicted octanol–water partition coefficient (Wildman–Crippen LogP) is -5.67. The number of hydrogen-bond acceptors (Lipinski definition) is 12. The van der Waals surface area contributed by atoms with Crippen molar-refractivity contribution in [1.82, 2.24) is 4.90 Å². The summed E-state index contributed by atoms with van der Waals surface area (Å²) in [5.41, 5.74) is 5.32. The maximum Gasteiger partial charge on any atom is 0.319 e. The SMILES string of the molecule is CCN(C(N)=O)[C@@]1(OC2(CO)O[C@H](CO)[C@@H](O)[C@@H]2O)O[C@H](CO)[C@@H](O)[C@H](O)[C@H]1O. The van der Waals surface area contributed by atoms with Crippen LogP contribution in [-0.4, -0.2) is 133 Å². The highest BCUT2D eigenvalue weighted by molar-refractivity contribution is 5.72. The Kier molecular flexibility index (Phi) is 7.40. The van der Waals surface area contributed by atoms with E-state index in [2.05, 4.69) is 0 Å². The molecule has 0 aromatic heterocycles. The summed E-state index contributed by atoms with van der Waals surface area (Å²) in [5, 5.41) is 79.9. The average molecular weight is 428 g/mol. The maximum absolute atomic E-state index is 12.0. The lowest BCUT2D eigenvalue weighted by Gasteiger charge is -2.54. The molecule has 2 amide bonds. The molecule has 0 aromatic rings. The molecule has 29 heavy (non-hydrogen) atoms. The number of aliphatic hydroxyl groups is 8. The molecule has 2 saturated heterocycles. The molecule has 1 unspecified atom stereocenters. The van der Waals surface area contributed by atoms with Gasteiger partial charge in [-0.25, -0.2) is 4.79 Å². The van der Waals surface area contributed by atoms with Crippen LogP contribution in [0.2, 0.25) is 0 Å². The summed E-state index contributed by atoms with van der Waals surface area (Å²) in [5.74, 6) is -5.31. The fourth-order valence-electron chi connectivity index (χ4n) is 3.52. The highest BCUT2D eigenvalue weighted by atomic mass is 16.8. The third-order valence-corrected chi connectivity index (χ3v) is 5.11. The Morgan fingerprint density at radius 3 is 1.93 bits per heavy atom.